The van der Waals surface area contributed by atoms with E-state index in [1.165, 1.54) is 15.9 Å². The number of aliphatic hydroxyl groups excluding tert-OH is 1. The van der Waals surface area contributed by atoms with Gasteiger partial charge in [0.15, 0.2) is 0 Å². The first kappa shape index (κ1) is 43.0. The highest BCUT2D eigenvalue weighted by atomic mass is 16.8. The topological polar surface area (TPSA) is 161 Å². The number of nitrogens with one attached hydrogen (secondary N) is 1. The summed E-state index contributed by atoms with van der Waals surface area (Å²) in [7, 11) is 3.29. The summed E-state index contributed by atoms with van der Waals surface area (Å²) < 4.78 is 25.3. The van der Waals surface area contributed by atoms with Crippen molar-refractivity contribution in [3.8, 4) is 0 Å². The molecule has 6 rings (SSSR count). The third-order valence-corrected chi connectivity index (χ3v) is 10.4. The van der Waals surface area contributed by atoms with Crippen molar-refractivity contribution in [1.29, 1.82) is 0 Å². The second-order valence-corrected chi connectivity index (χ2v) is 16.2. The SMILES string of the molecule is CN(C)C(=O)C=Cc1cccc(C(=O)O[C@@H]2CC(C(=O)N3CCC[C@@H]3C(=O)N[C@H](CO)CCC(=O)OC(C)(C)C)=C[C@H]3OC(c4ccccc4)(c4ccccc4)O[C@H]32)c1. The monoisotopic (exact) mass is 807 g/mol. The third-order valence-electron chi connectivity index (χ3n) is 10.4. The molecule has 5 atom stereocenters. The molecule has 312 valence electrons. The molecule has 59 heavy (non-hydrogen) atoms. The van der Waals surface area contributed by atoms with Crippen LogP contribution in [0.1, 0.15) is 79.9 Å². The highest BCUT2D eigenvalue weighted by Crippen LogP contribution is 2.47. The van der Waals surface area contributed by atoms with Gasteiger partial charge in [-0.25, -0.2) is 4.79 Å². The molecule has 3 amide bonds. The van der Waals surface area contributed by atoms with E-state index in [-0.39, 0.29) is 30.7 Å². The van der Waals surface area contributed by atoms with Gasteiger partial charge in [0.2, 0.25) is 23.5 Å². The van der Waals surface area contributed by atoms with Crippen LogP contribution in [0.3, 0.4) is 0 Å². The van der Waals surface area contributed by atoms with E-state index in [1.54, 1.807) is 71.3 Å². The van der Waals surface area contributed by atoms with Crippen molar-refractivity contribution in [1.82, 2.24) is 15.1 Å². The minimum Gasteiger partial charge on any atom is -0.460 e. The zero-order chi connectivity index (χ0) is 42.3. The average Bonchev–Trinajstić information content (AvgIpc) is 3.88. The predicted molar refractivity (Wildman–Crippen MR) is 218 cm³/mol. The lowest BCUT2D eigenvalue weighted by atomic mass is 9.91. The fourth-order valence-corrected chi connectivity index (χ4v) is 7.53. The van der Waals surface area contributed by atoms with Gasteiger partial charge in [-0.15, -0.1) is 0 Å². The molecule has 0 unspecified atom stereocenters. The highest BCUT2D eigenvalue weighted by Gasteiger charge is 2.55. The molecule has 3 aromatic rings. The Kier molecular flexibility index (Phi) is 13.5. The van der Waals surface area contributed by atoms with Gasteiger partial charge in [-0.2, -0.15) is 0 Å². The maximum atomic E-state index is 14.5. The number of nitrogens with zero attached hydrogens (tertiary/aromatic N) is 2. The molecule has 3 aromatic carbocycles. The molecule has 13 heteroatoms. The number of amides is 3. The van der Waals surface area contributed by atoms with E-state index in [4.69, 9.17) is 18.9 Å². The van der Waals surface area contributed by atoms with Crippen LogP contribution in [0.2, 0.25) is 0 Å². The quantitative estimate of drug-likeness (QED) is 0.179. The number of rotatable bonds is 13. The number of hydrogen-bond acceptors (Lipinski definition) is 10. The number of hydrogen-bond donors (Lipinski definition) is 2. The molecule has 2 aliphatic heterocycles. The Balaban J connectivity index is 1.27. The normalized spacial score (nSPS) is 21.6. The number of likely N-dealkylation sites (tertiary alicyclic amines) is 1. The molecule has 2 saturated heterocycles. The third kappa shape index (κ3) is 10.3. The van der Waals surface area contributed by atoms with Crippen LogP contribution in [-0.2, 0) is 43.9 Å². The van der Waals surface area contributed by atoms with E-state index in [0.717, 1.165) is 0 Å². The number of carbonyl (C=O) groups is 5. The van der Waals surface area contributed by atoms with Gasteiger partial charge in [-0.1, -0.05) is 72.8 Å². The molecule has 0 bridgehead atoms. The smallest absolute Gasteiger partial charge is 0.338 e. The van der Waals surface area contributed by atoms with Crippen molar-refractivity contribution >= 4 is 35.7 Å². The Labute approximate surface area is 344 Å². The molecular weight excluding hydrogens is 755 g/mol. The van der Waals surface area contributed by atoms with Gasteiger partial charge in [-0.3, -0.25) is 19.2 Å². The Morgan fingerprint density at radius 1 is 0.966 bits per heavy atom. The Morgan fingerprint density at radius 3 is 2.27 bits per heavy atom. The van der Waals surface area contributed by atoms with Crippen LogP contribution in [0.5, 0.6) is 0 Å². The van der Waals surface area contributed by atoms with Gasteiger partial charge in [0.1, 0.15) is 30.0 Å². The van der Waals surface area contributed by atoms with Crippen LogP contribution in [0.25, 0.3) is 6.08 Å². The molecule has 3 aliphatic rings. The summed E-state index contributed by atoms with van der Waals surface area (Å²) in [5.41, 5.74) is 1.90. The van der Waals surface area contributed by atoms with Crippen molar-refractivity contribution in [2.75, 3.05) is 27.2 Å². The number of aliphatic hydroxyl groups is 1. The van der Waals surface area contributed by atoms with Crippen molar-refractivity contribution in [3.05, 3.63) is 125 Å². The number of ether oxygens (including phenoxy) is 4. The van der Waals surface area contributed by atoms with Gasteiger partial charge in [0.25, 0.3) is 0 Å². The van der Waals surface area contributed by atoms with Gasteiger partial charge in [0, 0.05) is 56.3 Å². The van der Waals surface area contributed by atoms with Crippen LogP contribution in [0, 0.1) is 0 Å². The maximum Gasteiger partial charge on any atom is 0.338 e. The van der Waals surface area contributed by atoms with Crippen molar-refractivity contribution in [3.63, 3.8) is 0 Å². The lowest BCUT2D eigenvalue weighted by Crippen LogP contribution is -2.51. The number of fused-ring (bicyclic) bond motifs is 1. The van der Waals surface area contributed by atoms with Crippen molar-refractivity contribution in [2.24, 2.45) is 0 Å². The van der Waals surface area contributed by atoms with Gasteiger partial charge in [0.05, 0.1) is 18.2 Å². The lowest BCUT2D eigenvalue weighted by Gasteiger charge is -2.33. The van der Waals surface area contributed by atoms with Gasteiger partial charge < -0.3 is 39.2 Å². The Bertz CT molecular complexity index is 2020. The molecule has 2 fully saturated rings. The standard InChI is InChI=1S/C46H53N3O10/c1-45(2,3)58-40(52)24-22-35(29-50)47-42(53)36-20-13-25-49(36)43(54)32-27-37(56-44(55)31-15-12-14-30(26-31)21-23-39(51)48(4)5)41-38(28-32)57-46(59-41,33-16-8-6-9-17-33)34-18-10-7-11-19-34/h6-12,14-19,21,23,26,28,35-38,41,50H,13,20,22,24-25,27,29H2,1-5H3,(H,47,53)/t35-,36+,37+,38+,41-/m0/s1. The Morgan fingerprint density at radius 2 is 1.64 bits per heavy atom. The number of carbonyl (C=O) groups excluding carboxylic acids is 5. The largest absolute Gasteiger partial charge is 0.460 e. The summed E-state index contributed by atoms with van der Waals surface area (Å²) in [4.78, 5) is 69.6. The van der Waals surface area contributed by atoms with Crippen LogP contribution in [0.4, 0.5) is 0 Å². The molecular formula is C46H53N3O10. The van der Waals surface area contributed by atoms with Crippen LogP contribution in [0.15, 0.2) is 103 Å². The number of esters is 2. The van der Waals surface area contributed by atoms with Gasteiger partial charge >= 0.3 is 11.9 Å². The molecule has 13 nitrogen and oxygen atoms in total. The molecule has 2 heterocycles. The van der Waals surface area contributed by atoms with Crippen LogP contribution < -0.4 is 5.32 Å². The first-order chi connectivity index (χ1) is 28.2. The molecule has 0 spiro atoms. The van der Waals surface area contributed by atoms with E-state index < -0.39 is 72.1 Å². The van der Waals surface area contributed by atoms with Crippen molar-refractivity contribution in [2.45, 2.75) is 94.7 Å². The highest BCUT2D eigenvalue weighted by molar-refractivity contribution is 5.98. The van der Waals surface area contributed by atoms with E-state index in [1.807, 2.05) is 60.7 Å². The first-order valence-electron chi connectivity index (χ1n) is 20.0. The van der Waals surface area contributed by atoms with Crippen LogP contribution >= 0.6 is 0 Å². The second kappa shape index (κ2) is 18.5. The molecule has 1 aliphatic carbocycles. The molecule has 0 radical (unpaired) electrons. The van der Waals surface area contributed by atoms with E-state index in [0.29, 0.717) is 41.6 Å². The summed E-state index contributed by atoms with van der Waals surface area (Å²) in [6, 6.07) is 24.0. The zero-order valence-corrected chi connectivity index (χ0v) is 34.2. The fourth-order valence-electron chi connectivity index (χ4n) is 7.53. The van der Waals surface area contributed by atoms with E-state index in [2.05, 4.69) is 5.32 Å². The zero-order valence-electron chi connectivity index (χ0n) is 34.2. The summed E-state index contributed by atoms with van der Waals surface area (Å²) in [5.74, 6) is -3.56. The molecule has 0 aromatic heterocycles. The minimum atomic E-state index is -1.41. The Hall–Kier alpha value is -5.63. The van der Waals surface area contributed by atoms with E-state index >= 15 is 0 Å². The van der Waals surface area contributed by atoms with Crippen LogP contribution in [-0.4, -0.2) is 108 Å². The van der Waals surface area contributed by atoms with Gasteiger partial charge in [-0.05, 0) is 69.9 Å². The minimum absolute atomic E-state index is 0.00170. The predicted octanol–water partition coefficient (Wildman–Crippen LogP) is 4.92. The lowest BCUT2D eigenvalue weighted by molar-refractivity contribution is -0.157. The number of likely N-dealkylation sites (N-methyl/N-ethyl adjacent to an activating group) is 1. The molecule has 0 saturated carbocycles. The average molecular weight is 808 g/mol. The maximum absolute atomic E-state index is 14.5. The summed E-state index contributed by atoms with van der Waals surface area (Å²) in [6.07, 6.45) is 3.19. The van der Waals surface area contributed by atoms with Crippen molar-refractivity contribution < 1.29 is 48.0 Å². The van der Waals surface area contributed by atoms with E-state index in [9.17, 15) is 29.1 Å². The summed E-state index contributed by atoms with van der Waals surface area (Å²) >= 11 is 0. The molecule has 2 N–H and O–H groups in total. The summed E-state index contributed by atoms with van der Waals surface area (Å²) in [6.45, 7) is 5.20. The fraction of sp³-hybridized carbons (Fsp3) is 0.413. The summed E-state index contributed by atoms with van der Waals surface area (Å²) in [5, 5.41) is 12.9. The number of benzene rings is 3. The second-order valence-electron chi connectivity index (χ2n) is 16.2. The first-order valence-corrected chi connectivity index (χ1v) is 20.0.